The molecule has 1 aliphatic heterocycles. The first-order valence-corrected chi connectivity index (χ1v) is 15.1. The van der Waals surface area contributed by atoms with E-state index in [1.54, 1.807) is 30.3 Å². The number of ketones is 1. The van der Waals surface area contributed by atoms with Crippen LogP contribution < -0.4 is 10.5 Å². The SMILES string of the molecule is O=C(/C=C(\O)c1cc(Cc2c(F)cc(F)cc2F)cn(Cc2ccccc2)c1=O)C(=O)N1CCN(c2cccc3ccccc23)CC1. The molecular weight excluding hydrogens is 607 g/mol. The van der Waals surface area contributed by atoms with Crippen LogP contribution in [0.2, 0.25) is 0 Å². The van der Waals surface area contributed by atoms with E-state index in [2.05, 4.69) is 4.90 Å². The first-order chi connectivity index (χ1) is 22.7. The number of nitrogens with zero attached hydrogens (tertiary/aromatic N) is 3. The lowest BCUT2D eigenvalue weighted by molar-refractivity contribution is -0.142. The number of carbonyl (C=O) groups is 2. The summed E-state index contributed by atoms with van der Waals surface area (Å²) >= 11 is 0. The quantitative estimate of drug-likeness (QED) is 0.131. The minimum Gasteiger partial charge on any atom is -0.507 e. The molecule has 0 radical (unpaired) electrons. The number of hydrogen-bond donors (Lipinski definition) is 1. The van der Waals surface area contributed by atoms with Crippen LogP contribution in [0.4, 0.5) is 18.9 Å². The maximum absolute atomic E-state index is 14.5. The van der Waals surface area contributed by atoms with E-state index in [9.17, 15) is 32.7 Å². The molecular formula is C37H30F3N3O4. The maximum Gasteiger partial charge on any atom is 0.294 e. The number of aliphatic hydroxyl groups excluding tert-OH is 1. The zero-order chi connectivity index (χ0) is 33.1. The normalized spacial score (nSPS) is 13.6. The molecule has 47 heavy (non-hydrogen) atoms. The number of rotatable bonds is 8. The van der Waals surface area contributed by atoms with Crippen LogP contribution in [0.1, 0.15) is 22.3 Å². The molecule has 0 aliphatic carbocycles. The van der Waals surface area contributed by atoms with Gasteiger partial charge in [-0.15, -0.1) is 0 Å². The molecule has 1 aliphatic rings. The third kappa shape index (κ3) is 6.81. The Balaban J connectivity index is 1.24. The molecule has 1 fully saturated rings. The second-order valence-corrected chi connectivity index (χ2v) is 11.4. The van der Waals surface area contributed by atoms with Crippen LogP contribution in [-0.4, -0.2) is 52.4 Å². The number of benzene rings is 4. The van der Waals surface area contributed by atoms with Crippen molar-refractivity contribution in [3.8, 4) is 0 Å². The number of pyridine rings is 1. The first kappa shape index (κ1) is 31.3. The van der Waals surface area contributed by atoms with Crippen LogP contribution in [0.25, 0.3) is 16.5 Å². The monoisotopic (exact) mass is 637 g/mol. The van der Waals surface area contributed by atoms with E-state index >= 15 is 0 Å². The zero-order valence-electron chi connectivity index (χ0n) is 25.2. The van der Waals surface area contributed by atoms with Gasteiger partial charge in [0.2, 0.25) is 5.78 Å². The Morgan fingerprint density at radius 3 is 2.17 bits per heavy atom. The van der Waals surface area contributed by atoms with Crippen LogP contribution in [0.3, 0.4) is 0 Å². The van der Waals surface area contributed by atoms with E-state index in [1.165, 1.54) is 21.7 Å². The highest BCUT2D eigenvalue weighted by Gasteiger charge is 2.27. The van der Waals surface area contributed by atoms with Gasteiger partial charge in [0, 0.05) is 73.6 Å². The second kappa shape index (κ2) is 13.4. The summed E-state index contributed by atoms with van der Waals surface area (Å²) in [5.74, 6) is -5.89. The predicted octanol–water partition coefficient (Wildman–Crippen LogP) is 5.87. The average molecular weight is 638 g/mol. The van der Waals surface area contributed by atoms with E-state index in [-0.39, 0.29) is 37.2 Å². The highest BCUT2D eigenvalue weighted by atomic mass is 19.1. The average Bonchev–Trinajstić information content (AvgIpc) is 3.07. The molecule has 0 spiro atoms. The van der Waals surface area contributed by atoms with Gasteiger partial charge < -0.3 is 19.5 Å². The van der Waals surface area contributed by atoms with Crippen molar-refractivity contribution in [2.24, 2.45) is 0 Å². The number of aliphatic hydroxyl groups is 1. The van der Waals surface area contributed by atoms with Gasteiger partial charge in [-0.05, 0) is 28.6 Å². The van der Waals surface area contributed by atoms with Gasteiger partial charge in [0.05, 0.1) is 12.1 Å². The number of hydrogen-bond acceptors (Lipinski definition) is 5. The van der Waals surface area contributed by atoms with Crippen LogP contribution in [-0.2, 0) is 22.6 Å². The summed E-state index contributed by atoms with van der Waals surface area (Å²) in [6.07, 6.45) is 1.71. The smallest absolute Gasteiger partial charge is 0.294 e. The van der Waals surface area contributed by atoms with E-state index < -0.39 is 46.0 Å². The number of amides is 1. The molecule has 7 nitrogen and oxygen atoms in total. The van der Waals surface area contributed by atoms with E-state index in [1.807, 2.05) is 42.5 Å². The molecule has 1 aromatic heterocycles. The number of aromatic nitrogens is 1. The Morgan fingerprint density at radius 1 is 0.787 bits per heavy atom. The summed E-state index contributed by atoms with van der Waals surface area (Å²) in [6, 6.07) is 25.2. The van der Waals surface area contributed by atoms with E-state index in [0.717, 1.165) is 22.0 Å². The fraction of sp³-hybridized carbons (Fsp3) is 0.162. The van der Waals surface area contributed by atoms with Crippen LogP contribution in [0.5, 0.6) is 0 Å². The highest BCUT2D eigenvalue weighted by Crippen LogP contribution is 2.27. The molecule has 6 rings (SSSR count). The van der Waals surface area contributed by atoms with Crippen molar-refractivity contribution in [1.29, 1.82) is 0 Å². The van der Waals surface area contributed by atoms with Crippen molar-refractivity contribution in [3.63, 3.8) is 0 Å². The Labute approximate surface area is 268 Å². The van der Waals surface area contributed by atoms with Crippen molar-refractivity contribution in [2.75, 3.05) is 31.1 Å². The molecule has 10 heteroatoms. The third-order valence-electron chi connectivity index (χ3n) is 8.25. The topological polar surface area (TPSA) is 82.8 Å². The molecule has 1 amide bonds. The number of carbonyl (C=O) groups excluding carboxylic acids is 2. The Kier molecular flexibility index (Phi) is 8.92. The maximum atomic E-state index is 14.5. The lowest BCUT2D eigenvalue weighted by Crippen LogP contribution is -2.50. The van der Waals surface area contributed by atoms with Gasteiger partial charge in [-0.25, -0.2) is 13.2 Å². The number of piperazine rings is 1. The summed E-state index contributed by atoms with van der Waals surface area (Å²) in [7, 11) is 0. The van der Waals surface area contributed by atoms with Crippen molar-refractivity contribution < 1.29 is 27.9 Å². The number of halogens is 3. The van der Waals surface area contributed by atoms with Crippen LogP contribution in [0.15, 0.2) is 108 Å². The van der Waals surface area contributed by atoms with Crippen molar-refractivity contribution in [2.45, 2.75) is 13.0 Å². The largest absolute Gasteiger partial charge is 0.507 e. The highest BCUT2D eigenvalue weighted by molar-refractivity contribution is 6.41. The molecule has 0 atom stereocenters. The van der Waals surface area contributed by atoms with Gasteiger partial charge in [-0.2, -0.15) is 0 Å². The molecule has 0 saturated carbocycles. The van der Waals surface area contributed by atoms with Gasteiger partial charge in [0.1, 0.15) is 23.2 Å². The van der Waals surface area contributed by atoms with Gasteiger partial charge in [-0.1, -0.05) is 66.7 Å². The lowest BCUT2D eigenvalue weighted by atomic mass is 10.0. The fourth-order valence-corrected chi connectivity index (χ4v) is 5.87. The summed E-state index contributed by atoms with van der Waals surface area (Å²) in [5.41, 5.74) is 0.529. The van der Waals surface area contributed by atoms with E-state index in [4.69, 9.17) is 0 Å². The zero-order valence-corrected chi connectivity index (χ0v) is 25.2. The van der Waals surface area contributed by atoms with Gasteiger partial charge >= 0.3 is 0 Å². The first-order valence-electron chi connectivity index (χ1n) is 15.1. The van der Waals surface area contributed by atoms with Crippen LogP contribution in [0, 0.1) is 17.5 Å². The minimum atomic E-state index is -1.11. The molecule has 4 aromatic carbocycles. The fourth-order valence-electron chi connectivity index (χ4n) is 5.87. The van der Waals surface area contributed by atoms with E-state index in [0.29, 0.717) is 31.3 Å². The van der Waals surface area contributed by atoms with Gasteiger partial charge in [0.15, 0.2) is 0 Å². The molecule has 1 N–H and O–H groups in total. The lowest BCUT2D eigenvalue weighted by Gasteiger charge is -2.36. The molecule has 0 bridgehead atoms. The Bertz CT molecular complexity index is 2040. The van der Waals surface area contributed by atoms with Gasteiger partial charge in [-0.3, -0.25) is 14.4 Å². The molecule has 2 heterocycles. The molecule has 1 saturated heterocycles. The van der Waals surface area contributed by atoms with Crippen molar-refractivity contribution >= 4 is 33.9 Å². The molecule has 0 unspecified atom stereocenters. The summed E-state index contributed by atoms with van der Waals surface area (Å²) in [6.45, 7) is 1.58. The van der Waals surface area contributed by atoms with Gasteiger partial charge in [0.25, 0.3) is 11.5 Å². The molecule has 5 aromatic rings. The summed E-state index contributed by atoms with van der Waals surface area (Å²) in [5, 5.41) is 13.2. The summed E-state index contributed by atoms with van der Waals surface area (Å²) < 4.78 is 43.8. The second-order valence-electron chi connectivity index (χ2n) is 11.4. The standard InChI is InChI=1S/C37H30F3N3O4/c38-27-19-31(39)29(32(40)20-27)17-25-18-30(36(46)43(23-25)22-24-7-2-1-3-8-24)34(44)21-35(45)37(47)42-15-13-41(14-16-42)33-12-6-10-26-9-4-5-11-28(26)33/h1-12,18-21,23,44H,13-17,22H2/b34-21-. The number of fused-ring (bicyclic) bond motifs is 1. The van der Waals surface area contributed by atoms with Crippen molar-refractivity contribution in [1.82, 2.24) is 9.47 Å². The Morgan fingerprint density at radius 2 is 1.45 bits per heavy atom. The third-order valence-corrected chi connectivity index (χ3v) is 8.25. The van der Waals surface area contributed by atoms with Crippen molar-refractivity contribution in [3.05, 3.63) is 153 Å². The van der Waals surface area contributed by atoms with Crippen LogP contribution >= 0.6 is 0 Å². The Hall–Kier alpha value is -5.64. The number of anilines is 1. The molecule has 238 valence electrons. The minimum absolute atomic E-state index is 0.0516. The predicted molar refractivity (Wildman–Crippen MR) is 174 cm³/mol. The summed E-state index contributed by atoms with van der Waals surface area (Å²) in [4.78, 5) is 43.2.